The average molecular weight is 414 g/mol. The van der Waals surface area contributed by atoms with E-state index < -0.39 is 16.8 Å². The third kappa shape index (κ3) is 4.68. The topological polar surface area (TPSA) is 108 Å². The monoisotopic (exact) mass is 414 g/mol. The molecule has 2 aromatic rings. The van der Waals surface area contributed by atoms with Crippen LogP contribution in [0.4, 0.5) is 11.4 Å². The third-order valence-electron chi connectivity index (χ3n) is 4.76. The lowest BCUT2D eigenvalue weighted by atomic mass is 10.1. The number of benzene rings is 2. The molecule has 1 aliphatic rings. The van der Waals surface area contributed by atoms with Gasteiger partial charge < -0.3 is 19.1 Å². The number of hydrogen-bond acceptors (Lipinski definition) is 7. The van der Waals surface area contributed by atoms with E-state index in [0.29, 0.717) is 29.4 Å². The maximum absolute atomic E-state index is 12.5. The number of nitro groups is 1. The lowest BCUT2D eigenvalue weighted by molar-refractivity contribution is -0.385. The van der Waals surface area contributed by atoms with Gasteiger partial charge in [-0.3, -0.25) is 19.7 Å². The minimum absolute atomic E-state index is 0.0398. The zero-order chi connectivity index (χ0) is 21.7. The Balaban J connectivity index is 1.64. The van der Waals surface area contributed by atoms with E-state index in [1.807, 2.05) is 6.92 Å². The summed E-state index contributed by atoms with van der Waals surface area (Å²) in [6, 6.07) is 11.1. The van der Waals surface area contributed by atoms with Gasteiger partial charge in [-0.25, -0.2) is 0 Å². The highest BCUT2D eigenvalue weighted by Crippen LogP contribution is 2.29. The van der Waals surface area contributed by atoms with E-state index in [0.717, 1.165) is 0 Å². The SMILES string of the molecule is CCOc1ccc(N2CC(C(=O)OCc3cc([N+](=O)[O-])ccc3OC)CC2=O)cc1. The van der Waals surface area contributed by atoms with Crippen LogP contribution in [-0.2, 0) is 20.9 Å². The van der Waals surface area contributed by atoms with Gasteiger partial charge in [-0.1, -0.05) is 0 Å². The number of hydrogen-bond donors (Lipinski definition) is 0. The number of nitro benzene ring substituents is 1. The highest BCUT2D eigenvalue weighted by Gasteiger charge is 2.36. The number of methoxy groups -OCH3 is 1. The summed E-state index contributed by atoms with van der Waals surface area (Å²) < 4.78 is 15.9. The van der Waals surface area contributed by atoms with E-state index in [9.17, 15) is 19.7 Å². The van der Waals surface area contributed by atoms with Crippen molar-refractivity contribution in [2.45, 2.75) is 20.0 Å². The molecule has 0 N–H and O–H groups in total. The quantitative estimate of drug-likeness (QED) is 0.371. The number of nitrogens with zero attached hydrogens (tertiary/aromatic N) is 2. The third-order valence-corrected chi connectivity index (χ3v) is 4.76. The molecule has 9 nitrogen and oxygen atoms in total. The number of amides is 1. The average Bonchev–Trinajstić information content (AvgIpc) is 3.14. The molecule has 1 aliphatic heterocycles. The summed E-state index contributed by atoms with van der Waals surface area (Å²) in [5, 5.41) is 11.0. The van der Waals surface area contributed by atoms with Crippen molar-refractivity contribution >= 4 is 23.3 Å². The summed E-state index contributed by atoms with van der Waals surface area (Å²) in [5.41, 5.74) is 0.936. The number of rotatable bonds is 8. The molecule has 30 heavy (non-hydrogen) atoms. The number of esters is 1. The fourth-order valence-corrected chi connectivity index (χ4v) is 3.26. The molecule has 0 saturated carbocycles. The first-order valence-electron chi connectivity index (χ1n) is 9.44. The van der Waals surface area contributed by atoms with Crippen LogP contribution >= 0.6 is 0 Å². The Labute approximate surface area is 173 Å². The highest BCUT2D eigenvalue weighted by molar-refractivity contribution is 5.99. The van der Waals surface area contributed by atoms with E-state index in [4.69, 9.17) is 14.2 Å². The lowest BCUT2D eigenvalue weighted by Crippen LogP contribution is -2.26. The van der Waals surface area contributed by atoms with Gasteiger partial charge in [0.15, 0.2) is 0 Å². The van der Waals surface area contributed by atoms with Crippen LogP contribution in [0.25, 0.3) is 0 Å². The first kappa shape index (κ1) is 21.1. The summed E-state index contributed by atoms with van der Waals surface area (Å²) in [7, 11) is 1.43. The van der Waals surface area contributed by atoms with Crippen LogP contribution in [0.5, 0.6) is 11.5 Å². The van der Waals surface area contributed by atoms with E-state index in [-0.39, 0.29) is 31.2 Å². The van der Waals surface area contributed by atoms with Crippen molar-refractivity contribution in [3.8, 4) is 11.5 Å². The van der Waals surface area contributed by atoms with Crippen molar-refractivity contribution in [2.24, 2.45) is 5.92 Å². The Hall–Kier alpha value is -3.62. The molecular weight excluding hydrogens is 392 g/mol. The summed E-state index contributed by atoms with van der Waals surface area (Å²) in [4.78, 5) is 36.9. The number of carbonyl (C=O) groups excluding carboxylic acids is 2. The van der Waals surface area contributed by atoms with Crippen molar-refractivity contribution in [2.75, 3.05) is 25.2 Å². The van der Waals surface area contributed by atoms with Crippen molar-refractivity contribution in [1.82, 2.24) is 0 Å². The van der Waals surface area contributed by atoms with Gasteiger partial charge in [0.1, 0.15) is 18.1 Å². The van der Waals surface area contributed by atoms with Crippen LogP contribution in [0.2, 0.25) is 0 Å². The first-order valence-corrected chi connectivity index (χ1v) is 9.44. The lowest BCUT2D eigenvalue weighted by Gasteiger charge is -2.17. The van der Waals surface area contributed by atoms with Crippen molar-refractivity contribution in [3.63, 3.8) is 0 Å². The summed E-state index contributed by atoms with van der Waals surface area (Å²) >= 11 is 0. The molecule has 0 spiro atoms. The highest BCUT2D eigenvalue weighted by atomic mass is 16.6. The van der Waals surface area contributed by atoms with E-state index in [1.54, 1.807) is 24.3 Å². The Kier molecular flexibility index (Phi) is 6.51. The molecule has 1 saturated heterocycles. The standard InChI is InChI=1S/C21H22N2O7/c1-3-29-18-7-4-16(5-8-18)22-12-14(11-20(22)24)21(25)30-13-15-10-17(23(26)27)6-9-19(15)28-2/h4-10,14H,3,11-13H2,1-2H3. The van der Waals surface area contributed by atoms with E-state index in [1.165, 1.54) is 30.2 Å². The maximum atomic E-state index is 12.5. The van der Waals surface area contributed by atoms with Gasteiger partial charge in [0.25, 0.3) is 5.69 Å². The Bertz CT molecular complexity index is 943. The Morgan fingerprint density at radius 2 is 1.97 bits per heavy atom. The minimum atomic E-state index is -0.617. The molecule has 1 heterocycles. The van der Waals surface area contributed by atoms with Gasteiger partial charge in [0, 0.05) is 36.3 Å². The Morgan fingerprint density at radius 1 is 1.23 bits per heavy atom. The molecule has 0 aliphatic carbocycles. The van der Waals surface area contributed by atoms with Crippen LogP contribution < -0.4 is 14.4 Å². The van der Waals surface area contributed by atoms with Gasteiger partial charge in [0.05, 0.1) is 24.6 Å². The molecule has 1 amide bonds. The maximum Gasteiger partial charge on any atom is 0.311 e. The van der Waals surface area contributed by atoms with Gasteiger partial charge in [-0.2, -0.15) is 0 Å². The van der Waals surface area contributed by atoms with Crippen molar-refractivity contribution < 1.29 is 28.7 Å². The molecule has 0 radical (unpaired) electrons. The fourth-order valence-electron chi connectivity index (χ4n) is 3.26. The second-order valence-electron chi connectivity index (χ2n) is 6.69. The van der Waals surface area contributed by atoms with Gasteiger partial charge in [0.2, 0.25) is 5.91 Å². The van der Waals surface area contributed by atoms with Crippen LogP contribution in [0.1, 0.15) is 18.9 Å². The molecule has 1 fully saturated rings. The van der Waals surface area contributed by atoms with Gasteiger partial charge in [-0.15, -0.1) is 0 Å². The second kappa shape index (κ2) is 9.25. The zero-order valence-electron chi connectivity index (χ0n) is 16.7. The number of carbonyl (C=O) groups is 2. The zero-order valence-corrected chi connectivity index (χ0v) is 16.7. The van der Waals surface area contributed by atoms with Gasteiger partial charge >= 0.3 is 5.97 Å². The predicted octanol–water partition coefficient (Wildman–Crippen LogP) is 3.10. The van der Waals surface area contributed by atoms with Crippen LogP contribution in [0, 0.1) is 16.0 Å². The van der Waals surface area contributed by atoms with E-state index >= 15 is 0 Å². The molecule has 3 rings (SSSR count). The molecule has 9 heteroatoms. The fraction of sp³-hybridized carbons (Fsp3) is 0.333. The molecule has 1 unspecified atom stereocenters. The summed E-state index contributed by atoms with van der Waals surface area (Å²) in [6.45, 7) is 2.46. The van der Waals surface area contributed by atoms with Crippen molar-refractivity contribution in [3.05, 3.63) is 58.1 Å². The molecule has 0 aromatic heterocycles. The van der Waals surface area contributed by atoms with Crippen LogP contribution in [-0.4, -0.2) is 37.1 Å². The number of non-ortho nitro benzene ring substituents is 1. The predicted molar refractivity (Wildman–Crippen MR) is 108 cm³/mol. The summed E-state index contributed by atoms with van der Waals surface area (Å²) in [5.74, 6) is -0.241. The van der Waals surface area contributed by atoms with Crippen LogP contribution in [0.3, 0.4) is 0 Å². The van der Waals surface area contributed by atoms with Crippen LogP contribution in [0.15, 0.2) is 42.5 Å². The molecule has 1 atom stereocenters. The number of anilines is 1. The Morgan fingerprint density at radius 3 is 2.60 bits per heavy atom. The molecular formula is C21H22N2O7. The van der Waals surface area contributed by atoms with Crippen molar-refractivity contribution in [1.29, 1.82) is 0 Å². The summed E-state index contributed by atoms with van der Waals surface area (Å²) in [6.07, 6.45) is 0.0398. The second-order valence-corrected chi connectivity index (χ2v) is 6.69. The first-order chi connectivity index (χ1) is 14.4. The minimum Gasteiger partial charge on any atom is -0.496 e. The largest absolute Gasteiger partial charge is 0.496 e. The molecule has 0 bridgehead atoms. The van der Waals surface area contributed by atoms with E-state index in [2.05, 4.69) is 0 Å². The number of ether oxygens (including phenoxy) is 3. The normalized spacial score (nSPS) is 15.7. The molecule has 158 valence electrons. The van der Waals surface area contributed by atoms with Gasteiger partial charge in [-0.05, 0) is 37.3 Å². The molecule has 2 aromatic carbocycles. The smallest absolute Gasteiger partial charge is 0.311 e.